The molecular formula is C27H29FN8O4. The molecule has 40 heavy (non-hydrogen) atoms. The molecule has 2 aromatic carbocycles. The molecule has 2 atom stereocenters. The van der Waals surface area contributed by atoms with Crippen molar-refractivity contribution in [3.63, 3.8) is 0 Å². The topological polar surface area (TPSA) is 148 Å². The molecule has 0 unspecified atom stereocenters. The number of fused-ring (bicyclic) bond motifs is 4. The summed E-state index contributed by atoms with van der Waals surface area (Å²) >= 11 is 0. The van der Waals surface area contributed by atoms with E-state index in [-0.39, 0.29) is 29.3 Å². The van der Waals surface area contributed by atoms with E-state index in [1.165, 1.54) is 25.0 Å². The molecule has 12 nitrogen and oxygen atoms in total. The van der Waals surface area contributed by atoms with Gasteiger partial charge >= 0.3 is 6.09 Å². The second-order valence-electron chi connectivity index (χ2n) is 9.42. The highest BCUT2D eigenvalue weighted by Gasteiger charge is 2.23. The Morgan fingerprint density at radius 1 is 1.20 bits per heavy atom. The number of aromatic amines is 1. The third kappa shape index (κ3) is 5.58. The SMILES string of the molecule is COC(=O)Nc1ccc2c(c1)NC(=O)[C@H](C)CCC[C@H](Nc1cn(-c3cccc(OC)c3F)nn1)c1ncc-2[nH]1. The first-order valence-electron chi connectivity index (χ1n) is 12.7. The van der Waals surface area contributed by atoms with Crippen LogP contribution in [0.15, 0.2) is 48.8 Å². The van der Waals surface area contributed by atoms with E-state index < -0.39 is 11.9 Å². The van der Waals surface area contributed by atoms with Gasteiger partial charge in [-0.1, -0.05) is 24.6 Å². The number of amides is 2. The van der Waals surface area contributed by atoms with Gasteiger partial charge < -0.3 is 25.1 Å². The summed E-state index contributed by atoms with van der Waals surface area (Å²) in [6.45, 7) is 1.87. The van der Waals surface area contributed by atoms with Gasteiger partial charge in [-0.25, -0.2) is 18.9 Å². The van der Waals surface area contributed by atoms with Crippen molar-refractivity contribution in [2.75, 3.05) is 30.2 Å². The highest BCUT2D eigenvalue weighted by molar-refractivity contribution is 5.98. The molecule has 0 fully saturated rings. The van der Waals surface area contributed by atoms with E-state index in [1.807, 2.05) is 6.92 Å². The second-order valence-corrected chi connectivity index (χ2v) is 9.42. The molecule has 2 bridgehead atoms. The molecular weight excluding hydrogens is 519 g/mol. The molecule has 13 heteroatoms. The van der Waals surface area contributed by atoms with Crippen LogP contribution < -0.4 is 20.7 Å². The average Bonchev–Trinajstić information content (AvgIpc) is 3.62. The normalized spacial score (nSPS) is 17.1. The predicted octanol–water partition coefficient (Wildman–Crippen LogP) is 4.90. The van der Waals surface area contributed by atoms with Crippen molar-refractivity contribution in [3.8, 4) is 22.7 Å². The first-order chi connectivity index (χ1) is 19.4. The van der Waals surface area contributed by atoms with Crippen molar-refractivity contribution in [3.05, 3.63) is 60.4 Å². The van der Waals surface area contributed by atoms with Gasteiger partial charge in [0.15, 0.2) is 17.4 Å². The van der Waals surface area contributed by atoms with Gasteiger partial charge in [-0.2, -0.15) is 0 Å². The van der Waals surface area contributed by atoms with Crippen LogP contribution in [0.3, 0.4) is 0 Å². The predicted molar refractivity (Wildman–Crippen MR) is 146 cm³/mol. The number of imidazole rings is 1. The Morgan fingerprint density at radius 2 is 2.05 bits per heavy atom. The van der Waals surface area contributed by atoms with Crippen molar-refractivity contribution in [1.82, 2.24) is 25.0 Å². The van der Waals surface area contributed by atoms with Crippen LogP contribution in [0.1, 0.15) is 38.1 Å². The number of carbonyl (C=O) groups is 2. The summed E-state index contributed by atoms with van der Waals surface area (Å²) < 4.78 is 25.9. The number of aromatic nitrogens is 5. The molecule has 3 heterocycles. The molecule has 0 saturated heterocycles. The highest BCUT2D eigenvalue weighted by atomic mass is 19.1. The smallest absolute Gasteiger partial charge is 0.411 e. The van der Waals surface area contributed by atoms with E-state index in [2.05, 4.69) is 41.0 Å². The Balaban J connectivity index is 1.45. The van der Waals surface area contributed by atoms with Crippen LogP contribution in [0.5, 0.6) is 5.75 Å². The van der Waals surface area contributed by atoms with Gasteiger partial charge in [0.25, 0.3) is 0 Å². The van der Waals surface area contributed by atoms with Crippen molar-refractivity contribution >= 4 is 29.2 Å². The number of carbonyl (C=O) groups excluding carboxylic acids is 2. The zero-order chi connectivity index (χ0) is 28.2. The summed E-state index contributed by atoms with van der Waals surface area (Å²) in [5.41, 5.74) is 2.58. The van der Waals surface area contributed by atoms with Crippen LogP contribution >= 0.6 is 0 Å². The number of methoxy groups -OCH3 is 2. The minimum atomic E-state index is -0.614. The molecule has 4 N–H and O–H groups in total. The van der Waals surface area contributed by atoms with Gasteiger partial charge in [0, 0.05) is 17.2 Å². The number of hydrogen-bond donors (Lipinski definition) is 4. The molecule has 1 aliphatic heterocycles. The highest BCUT2D eigenvalue weighted by Crippen LogP contribution is 2.33. The number of H-pyrrole nitrogens is 1. The fourth-order valence-corrected chi connectivity index (χ4v) is 4.53. The maximum atomic E-state index is 14.8. The number of ether oxygens (including phenoxy) is 2. The number of nitrogens with zero attached hydrogens (tertiary/aromatic N) is 4. The van der Waals surface area contributed by atoms with Crippen LogP contribution in [0.25, 0.3) is 16.9 Å². The summed E-state index contributed by atoms with van der Waals surface area (Å²) in [6.07, 6.45) is 4.67. The van der Waals surface area contributed by atoms with Crippen LogP contribution in [0.2, 0.25) is 0 Å². The van der Waals surface area contributed by atoms with Gasteiger partial charge in [0.1, 0.15) is 11.5 Å². The lowest BCUT2D eigenvalue weighted by Crippen LogP contribution is -2.22. The Morgan fingerprint density at radius 3 is 2.85 bits per heavy atom. The van der Waals surface area contributed by atoms with Gasteiger partial charge in [0.05, 0.1) is 44.0 Å². The van der Waals surface area contributed by atoms with E-state index in [0.29, 0.717) is 47.1 Å². The maximum absolute atomic E-state index is 14.8. The van der Waals surface area contributed by atoms with Crippen molar-refractivity contribution < 1.29 is 23.5 Å². The summed E-state index contributed by atoms with van der Waals surface area (Å²) in [5.74, 6) is 0.269. The summed E-state index contributed by atoms with van der Waals surface area (Å²) in [4.78, 5) is 32.7. The molecule has 0 aliphatic carbocycles. The Labute approximate surface area is 229 Å². The van der Waals surface area contributed by atoms with Gasteiger partial charge in [0.2, 0.25) is 5.91 Å². The monoisotopic (exact) mass is 548 g/mol. The minimum Gasteiger partial charge on any atom is -0.494 e. The molecule has 0 radical (unpaired) electrons. The lowest BCUT2D eigenvalue weighted by atomic mass is 9.99. The molecule has 1 aliphatic rings. The van der Waals surface area contributed by atoms with E-state index in [9.17, 15) is 14.0 Å². The zero-order valence-corrected chi connectivity index (χ0v) is 22.2. The fraction of sp³-hybridized carbons (Fsp3) is 0.296. The number of halogens is 1. The Kier molecular flexibility index (Phi) is 7.62. The molecule has 208 valence electrons. The average molecular weight is 549 g/mol. The standard InChI is InChI=1S/C27H29FN8O4/c1-15-6-4-7-18(31-23-14-36(35-34-23)21-8-5-9-22(39-2)24(21)28)25-29-13-20(32-25)17-11-10-16(30-27(38)40-3)12-19(17)33-26(15)37/h5,8-15,18,31H,4,6-7H2,1-3H3,(H,29,32)(H,30,38)(H,33,37)/t15-,18+/m1/s1. The quantitative estimate of drug-likeness (QED) is 0.275. The van der Waals surface area contributed by atoms with Crippen molar-refractivity contribution in [1.29, 1.82) is 0 Å². The molecule has 5 rings (SSSR count). The molecule has 0 spiro atoms. The Hall–Kier alpha value is -4.94. The minimum absolute atomic E-state index is 0.108. The number of benzene rings is 2. The van der Waals surface area contributed by atoms with E-state index in [4.69, 9.17) is 4.74 Å². The van der Waals surface area contributed by atoms with Crippen molar-refractivity contribution in [2.45, 2.75) is 32.2 Å². The van der Waals surface area contributed by atoms with Crippen molar-refractivity contribution in [2.24, 2.45) is 5.92 Å². The van der Waals surface area contributed by atoms with Gasteiger partial charge in [-0.05, 0) is 43.2 Å². The van der Waals surface area contributed by atoms with Crippen LogP contribution in [0, 0.1) is 11.7 Å². The summed E-state index contributed by atoms with van der Waals surface area (Å²) in [7, 11) is 2.68. The first kappa shape index (κ1) is 26.7. The van der Waals surface area contributed by atoms with Crippen LogP contribution in [-0.2, 0) is 9.53 Å². The molecule has 2 aromatic heterocycles. The van der Waals surface area contributed by atoms with Gasteiger partial charge in [-0.3, -0.25) is 10.1 Å². The molecule has 4 aromatic rings. The number of anilines is 3. The van der Waals surface area contributed by atoms with E-state index in [1.54, 1.807) is 42.7 Å². The van der Waals surface area contributed by atoms with E-state index in [0.717, 1.165) is 6.42 Å². The third-order valence-electron chi connectivity index (χ3n) is 6.73. The number of nitrogens with one attached hydrogen (secondary N) is 4. The zero-order valence-electron chi connectivity index (χ0n) is 22.2. The molecule has 0 saturated carbocycles. The molecule has 2 amide bonds. The number of rotatable bonds is 5. The number of hydrogen-bond acceptors (Lipinski definition) is 8. The maximum Gasteiger partial charge on any atom is 0.411 e. The third-order valence-corrected chi connectivity index (χ3v) is 6.73. The lowest BCUT2D eigenvalue weighted by molar-refractivity contribution is -0.119. The Bertz CT molecular complexity index is 1530. The van der Waals surface area contributed by atoms with E-state index >= 15 is 0 Å². The lowest BCUT2D eigenvalue weighted by Gasteiger charge is -2.20. The second kappa shape index (κ2) is 11.4. The fourth-order valence-electron chi connectivity index (χ4n) is 4.53. The van der Waals surface area contributed by atoms with Crippen LogP contribution in [-0.4, -0.2) is 51.2 Å². The first-order valence-corrected chi connectivity index (χ1v) is 12.7. The van der Waals surface area contributed by atoms with Gasteiger partial charge in [-0.15, -0.1) is 5.10 Å². The summed E-state index contributed by atoms with van der Waals surface area (Å²) in [6, 6.07) is 9.68. The summed E-state index contributed by atoms with van der Waals surface area (Å²) in [5, 5.41) is 17.2. The van der Waals surface area contributed by atoms with Crippen LogP contribution in [0.4, 0.5) is 26.4 Å². The largest absolute Gasteiger partial charge is 0.494 e.